The standard InChI is InChI=1S/C19H26N4O3/c1-3-26-18(24)17-14(2)20-19(25)21-16(17)13-22-9-11-23(12-10-22)15-7-5-4-6-8-15/h4-8,14H,3,9-13H2,1-2H3,(H2,20,21,25). The van der Waals surface area contributed by atoms with Gasteiger partial charge in [0.05, 0.1) is 18.2 Å². The van der Waals surface area contributed by atoms with Gasteiger partial charge in [-0.1, -0.05) is 18.2 Å². The zero-order valence-corrected chi connectivity index (χ0v) is 15.3. The lowest BCUT2D eigenvalue weighted by Gasteiger charge is -2.37. The molecule has 1 aromatic rings. The van der Waals surface area contributed by atoms with Crippen molar-refractivity contribution in [2.24, 2.45) is 0 Å². The summed E-state index contributed by atoms with van der Waals surface area (Å²) in [5, 5.41) is 5.53. The van der Waals surface area contributed by atoms with Gasteiger partial charge in [0, 0.05) is 44.1 Å². The molecule has 2 heterocycles. The fourth-order valence-electron chi connectivity index (χ4n) is 3.43. The molecule has 26 heavy (non-hydrogen) atoms. The van der Waals surface area contributed by atoms with Gasteiger partial charge in [0.1, 0.15) is 0 Å². The first kappa shape index (κ1) is 18.3. The van der Waals surface area contributed by atoms with E-state index in [1.165, 1.54) is 5.69 Å². The molecule has 0 saturated carbocycles. The summed E-state index contributed by atoms with van der Waals surface area (Å²) < 4.78 is 5.17. The average molecular weight is 358 g/mol. The molecule has 2 N–H and O–H groups in total. The fourth-order valence-corrected chi connectivity index (χ4v) is 3.43. The van der Waals surface area contributed by atoms with Gasteiger partial charge in [-0.15, -0.1) is 0 Å². The fraction of sp³-hybridized carbons (Fsp3) is 0.474. The van der Waals surface area contributed by atoms with Crippen LogP contribution in [0, 0.1) is 0 Å². The summed E-state index contributed by atoms with van der Waals surface area (Å²) in [6, 6.07) is 9.71. The first-order valence-electron chi connectivity index (χ1n) is 9.08. The van der Waals surface area contributed by atoms with E-state index in [4.69, 9.17) is 4.74 Å². The van der Waals surface area contributed by atoms with Gasteiger partial charge in [-0.05, 0) is 26.0 Å². The SMILES string of the molecule is CCOC(=O)C1=C(CN2CCN(c3ccccc3)CC2)NC(=O)NC1C. The topological polar surface area (TPSA) is 73.9 Å². The van der Waals surface area contributed by atoms with Gasteiger partial charge in [0.2, 0.25) is 0 Å². The van der Waals surface area contributed by atoms with Crippen LogP contribution < -0.4 is 15.5 Å². The molecule has 1 atom stereocenters. The Morgan fingerprint density at radius 1 is 1.19 bits per heavy atom. The lowest BCUT2D eigenvalue weighted by Crippen LogP contribution is -2.53. The van der Waals surface area contributed by atoms with Crippen LogP contribution in [0.5, 0.6) is 0 Å². The summed E-state index contributed by atoms with van der Waals surface area (Å²) in [4.78, 5) is 28.8. The summed E-state index contributed by atoms with van der Waals surface area (Å²) in [6.07, 6.45) is 0. The lowest BCUT2D eigenvalue weighted by molar-refractivity contribution is -0.139. The number of nitrogens with zero attached hydrogens (tertiary/aromatic N) is 2. The van der Waals surface area contributed by atoms with Crippen LogP contribution in [0.25, 0.3) is 0 Å². The first-order valence-corrected chi connectivity index (χ1v) is 9.08. The number of nitrogens with one attached hydrogen (secondary N) is 2. The van der Waals surface area contributed by atoms with Gasteiger partial charge in [0.15, 0.2) is 0 Å². The molecular formula is C19H26N4O3. The van der Waals surface area contributed by atoms with Crippen molar-refractivity contribution in [3.63, 3.8) is 0 Å². The summed E-state index contributed by atoms with van der Waals surface area (Å²) in [5.41, 5.74) is 2.38. The molecule has 140 valence electrons. The second-order valence-electron chi connectivity index (χ2n) is 6.53. The summed E-state index contributed by atoms with van der Waals surface area (Å²) >= 11 is 0. The maximum absolute atomic E-state index is 12.3. The number of esters is 1. The zero-order valence-electron chi connectivity index (χ0n) is 15.3. The average Bonchev–Trinajstić information content (AvgIpc) is 2.63. The number of benzene rings is 1. The highest BCUT2D eigenvalue weighted by Crippen LogP contribution is 2.18. The molecule has 2 aliphatic rings. The highest BCUT2D eigenvalue weighted by Gasteiger charge is 2.31. The van der Waals surface area contributed by atoms with E-state index in [0.29, 0.717) is 24.4 Å². The number of hydrogen-bond acceptors (Lipinski definition) is 5. The van der Waals surface area contributed by atoms with Gasteiger partial charge in [0.25, 0.3) is 0 Å². The Labute approximate surface area is 154 Å². The number of urea groups is 1. The van der Waals surface area contributed by atoms with E-state index in [1.807, 2.05) is 18.2 Å². The van der Waals surface area contributed by atoms with Crippen LogP contribution in [-0.2, 0) is 9.53 Å². The number of rotatable bonds is 5. The Morgan fingerprint density at radius 3 is 2.54 bits per heavy atom. The van der Waals surface area contributed by atoms with Gasteiger partial charge in [-0.3, -0.25) is 4.90 Å². The van der Waals surface area contributed by atoms with Crippen LogP contribution in [0.1, 0.15) is 13.8 Å². The van der Waals surface area contributed by atoms with Crippen molar-refractivity contribution in [3.8, 4) is 0 Å². The molecule has 0 bridgehead atoms. The summed E-state index contributed by atoms with van der Waals surface area (Å²) in [6.45, 7) is 7.99. The molecule has 1 fully saturated rings. The molecule has 2 amide bonds. The number of amides is 2. The van der Waals surface area contributed by atoms with Crippen LogP contribution in [0.2, 0.25) is 0 Å². The Kier molecular flexibility index (Phi) is 5.78. The maximum atomic E-state index is 12.3. The van der Waals surface area contributed by atoms with Crippen LogP contribution in [0.4, 0.5) is 10.5 Å². The molecule has 7 nitrogen and oxygen atoms in total. The summed E-state index contributed by atoms with van der Waals surface area (Å²) in [7, 11) is 0. The van der Waals surface area contributed by atoms with Crippen molar-refractivity contribution in [2.75, 3.05) is 44.2 Å². The van der Waals surface area contributed by atoms with Crippen LogP contribution in [0.3, 0.4) is 0 Å². The Balaban J connectivity index is 1.67. The van der Waals surface area contributed by atoms with E-state index in [0.717, 1.165) is 26.2 Å². The molecule has 0 aliphatic carbocycles. The third-order valence-electron chi connectivity index (χ3n) is 4.74. The van der Waals surface area contributed by atoms with Crippen molar-refractivity contribution in [1.29, 1.82) is 0 Å². The second kappa shape index (κ2) is 8.23. The number of piperazine rings is 1. The molecule has 0 spiro atoms. The third-order valence-corrected chi connectivity index (χ3v) is 4.74. The Morgan fingerprint density at radius 2 is 1.88 bits per heavy atom. The van der Waals surface area contributed by atoms with E-state index in [2.05, 4.69) is 32.6 Å². The third kappa shape index (κ3) is 4.16. The molecule has 1 unspecified atom stereocenters. The molecule has 1 aromatic carbocycles. The van der Waals surface area contributed by atoms with Crippen molar-refractivity contribution in [1.82, 2.24) is 15.5 Å². The molecule has 0 radical (unpaired) electrons. The van der Waals surface area contributed by atoms with Crippen molar-refractivity contribution in [3.05, 3.63) is 41.6 Å². The van der Waals surface area contributed by atoms with Crippen LogP contribution in [-0.4, -0.2) is 62.3 Å². The second-order valence-corrected chi connectivity index (χ2v) is 6.53. The zero-order chi connectivity index (χ0) is 18.5. The molecule has 7 heteroatoms. The Hall–Kier alpha value is -2.54. The number of anilines is 1. The normalized spacial score (nSPS) is 21.2. The summed E-state index contributed by atoms with van der Waals surface area (Å²) in [5.74, 6) is -0.370. The Bertz CT molecular complexity index is 681. The van der Waals surface area contributed by atoms with E-state index < -0.39 is 0 Å². The minimum Gasteiger partial charge on any atom is -0.463 e. The van der Waals surface area contributed by atoms with Crippen molar-refractivity contribution in [2.45, 2.75) is 19.9 Å². The largest absolute Gasteiger partial charge is 0.463 e. The predicted octanol–water partition coefficient (Wildman–Crippen LogP) is 1.33. The number of carbonyl (C=O) groups is 2. The van der Waals surface area contributed by atoms with Gasteiger partial charge >= 0.3 is 12.0 Å². The van der Waals surface area contributed by atoms with Gasteiger partial charge in [-0.2, -0.15) is 0 Å². The minimum atomic E-state index is -0.370. The number of hydrogen-bond donors (Lipinski definition) is 2. The number of ether oxygens (including phenoxy) is 1. The lowest BCUT2D eigenvalue weighted by atomic mass is 10.0. The van der Waals surface area contributed by atoms with E-state index in [-0.39, 0.29) is 18.0 Å². The van der Waals surface area contributed by atoms with Crippen LogP contribution in [0.15, 0.2) is 41.6 Å². The monoisotopic (exact) mass is 358 g/mol. The highest BCUT2D eigenvalue weighted by molar-refractivity contribution is 5.94. The predicted molar refractivity (Wildman–Crippen MR) is 99.9 cm³/mol. The van der Waals surface area contributed by atoms with Crippen LogP contribution >= 0.6 is 0 Å². The molecular weight excluding hydrogens is 332 g/mol. The van der Waals surface area contributed by atoms with E-state index >= 15 is 0 Å². The molecule has 3 rings (SSSR count). The van der Waals surface area contributed by atoms with E-state index in [1.54, 1.807) is 13.8 Å². The molecule has 0 aromatic heterocycles. The van der Waals surface area contributed by atoms with Crippen molar-refractivity contribution < 1.29 is 14.3 Å². The van der Waals surface area contributed by atoms with Crippen molar-refractivity contribution >= 4 is 17.7 Å². The molecule has 2 aliphatic heterocycles. The minimum absolute atomic E-state index is 0.275. The van der Waals surface area contributed by atoms with Gasteiger partial charge < -0.3 is 20.3 Å². The highest BCUT2D eigenvalue weighted by atomic mass is 16.5. The number of para-hydroxylation sites is 1. The number of carbonyl (C=O) groups excluding carboxylic acids is 2. The quantitative estimate of drug-likeness (QED) is 0.777. The van der Waals surface area contributed by atoms with E-state index in [9.17, 15) is 9.59 Å². The molecule has 1 saturated heterocycles. The van der Waals surface area contributed by atoms with Gasteiger partial charge in [-0.25, -0.2) is 9.59 Å². The maximum Gasteiger partial charge on any atom is 0.337 e. The smallest absolute Gasteiger partial charge is 0.337 e. The first-order chi connectivity index (χ1) is 12.6.